The van der Waals surface area contributed by atoms with Gasteiger partial charge in [0.1, 0.15) is 16.7 Å². The molecule has 10 heteroatoms. The first kappa shape index (κ1) is 22.0. The molecule has 0 heterocycles. The molecule has 0 bridgehead atoms. The number of hydrogen-bond donors (Lipinski definition) is 1. The third-order valence-corrected chi connectivity index (χ3v) is 5.28. The number of nitrogens with zero attached hydrogens (tertiary/aromatic N) is 3. The summed E-state index contributed by atoms with van der Waals surface area (Å²) in [5.74, 6) is -0.155. The number of aromatic hydroxyl groups is 1. The van der Waals surface area contributed by atoms with Gasteiger partial charge in [0, 0.05) is 10.3 Å². The molecule has 1 aromatic carbocycles. The standard InChI is InChI=1S/C19H23N3O7/c1-11-15(20(24)25)14(18(2,3)4)17(22(28)29)19(5,16(11)21(26)27)10-12-8-6-7-9-13(12)23/h6-9,16,23H,10H2,1-5H3. The Balaban J connectivity index is 2.97. The molecule has 2 atom stereocenters. The van der Waals surface area contributed by atoms with Gasteiger partial charge in [0.2, 0.25) is 0 Å². The van der Waals surface area contributed by atoms with E-state index >= 15 is 0 Å². The fraction of sp³-hybridized carbons (Fsp3) is 0.474. The Bertz CT molecular complexity index is 959. The third kappa shape index (κ3) is 3.69. The summed E-state index contributed by atoms with van der Waals surface area (Å²) in [6.45, 7) is 7.41. The first-order valence-electron chi connectivity index (χ1n) is 8.89. The topological polar surface area (TPSA) is 150 Å². The maximum absolute atomic E-state index is 12.2. The fourth-order valence-corrected chi connectivity index (χ4v) is 4.20. The second-order valence-corrected chi connectivity index (χ2v) is 8.43. The van der Waals surface area contributed by atoms with Crippen LogP contribution >= 0.6 is 0 Å². The van der Waals surface area contributed by atoms with Gasteiger partial charge < -0.3 is 5.11 Å². The Morgan fingerprint density at radius 2 is 1.62 bits per heavy atom. The van der Waals surface area contributed by atoms with Crippen molar-refractivity contribution in [3.05, 3.63) is 82.7 Å². The molecule has 0 saturated carbocycles. The number of phenolic OH excluding ortho intramolecular Hbond substituents is 1. The molecule has 1 aromatic rings. The van der Waals surface area contributed by atoms with Gasteiger partial charge in [0.25, 0.3) is 17.4 Å². The Morgan fingerprint density at radius 3 is 2.03 bits per heavy atom. The van der Waals surface area contributed by atoms with Gasteiger partial charge in [0.15, 0.2) is 0 Å². The number of benzene rings is 1. The van der Waals surface area contributed by atoms with Crippen molar-refractivity contribution < 1.29 is 19.9 Å². The number of para-hydroxylation sites is 1. The van der Waals surface area contributed by atoms with Gasteiger partial charge in [-0.15, -0.1) is 0 Å². The number of allylic oxidation sites excluding steroid dienone is 1. The highest BCUT2D eigenvalue weighted by atomic mass is 16.6. The molecule has 29 heavy (non-hydrogen) atoms. The van der Waals surface area contributed by atoms with Crippen LogP contribution in [0, 0.1) is 41.2 Å². The summed E-state index contributed by atoms with van der Waals surface area (Å²) in [5.41, 5.74) is -3.89. The SMILES string of the molecule is CC1=C([N+](=O)[O-])C(C(C)(C)C)=C([N+](=O)[O-])C(C)(Cc2ccccc2O)C1[N+](=O)[O-]. The van der Waals surface area contributed by atoms with Crippen molar-refractivity contribution in [2.45, 2.75) is 47.1 Å². The summed E-state index contributed by atoms with van der Waals surface area (Å²) >= 11 is 0. The Morgan fingerprint density at radius 1 is 1.07 bits per heavy atom. The van der Waals surface area contributed by atoms with E-state index in [0.29, 0.717) is 0 Å². The molecule has 1 aliphatic rings. The van der Waals surface area contributed by atoms with E-state index in [9.17, 15) is 35.4 Å². The first-order chi connectivity index (χ1) is 13.2. The van der Waals surface area contributed by atoms with Crippen LogP contribution in [0.15, 0.2) is 46.8 Å². The lowest BCUT2D eigenvalue weighted by Crippen LogP contribution is -2.49. The molecular formula is C19H23N3O7. The molecule has 1 N–H and O–H groups in total. The first-order valence-corrected chi connectivity index (χ1v) is 8.89. The lowest BCUT2D eigenvalue weighted by Gasteiger charge is -2.36. The summed E-state index contributed by atoms with van der Waals surface area (Å²) in [6.07, 6.45) is -0.233. The lowest BCUT2D eigenvalue weighted by atomic mass is 9.63. The van der Waals surface area contributed by atoms with Crippen molar-refractivity contribution >= 4 is 0 Å². The zero-order valence-electron chi connectivity index (χ0n) is 16.8. The van der Waals surface area contributed by atoms with Gasteiger partial charge in [-0.3, -0.25) is 30.3 Å². The maximum Gasteiger partial charge on any atom is 0.285 e. The van der Waals surface area contributed by atoms with E-state index in [0.717, 1.165) is 0 Å². The van der Waals surface area contributed by atoms with Crippen LogP contribution in [0.2, 0.25) is 0 Å². The van der Waals surface area contributed by atoms with Crippen LogP contribution in [0.3, 0.4) is 0 Å². The van der Waals surface area contributed by atoms with Crippen molar-refractivity contribution in [1.82, 2.24) is 0 Å². The Hall–Kier alpha value is -3.30. The van der Waals surface area contributed by atoms with Crippen LogP contribution in [0.1, 0.15) is 40.2 Å². The predicted octanol–water partition coefficient (Wildman–Crippen LogP) is 3.73. The van der Waals surface area contributed by atoms with E-state index in [-0.39, 0.29) is 28.9 Å². The van der Waals surface area contributed by atoms with Crippen LogP contribution in [0.5, 0.6) is 5.75 Å². The van der Waals surface area contributed by atoms with Crippen molar-refractivity contribution in [3.63, 3.8) is 0 Å². The molecule has 2 rings (SSSR count). The van der Waals surface area contributed by atoms with Crippen molar-refractivity contribution in [2.24, 2.45) is 10.8 Å². The zero-order valence-corrected chi connectivity index (χ0v) is 16.8. The van der Waals surface area contributed by atoms with Crippen LogP contribution < -0.4 is 0 Å². The van der Waals surface area contributed by atoms with Crippen LogP contribution in [-0.2, 0) is 6.42 Å². The molecule has 10 nitrogen and oxygen atoms in total. The summed E-state index contributed by atoms with van der Waals surface area (Å²) in [6, 6.07) is 4.37. The van der Waals surface area contributed by atoms with Crippen LogP contribution in [0.25, 0.3) is 0 Å². The van der Waals surface area contributed by atoms with Gasteiger partial charge in [0.05, 0.1) is 15.4 Å². The highest BCUT2D eigenvalue weighted by molar-refractivity contribution is 5.46. The molecular weight excluding hydrogens is 382 g/mol. The quantitative estimate of drug-likeness (QED) is 0.579. The molecule has 0 aliphatic heterocycles. The van der Waals surface area contributed by atoms with Crippen molar-refractivity contribution in [3.8, 4) is 5.75 Å². The molecule has 1 aliphatic carbocycles. The minimum atomic E-state index is -1.72. The van der Waals surface area contributed by atoms with Crippen LogP contribution in [0.4, 0.5) is 0 Å². The van der Waals surface area contributed by atoms with E-state index < -0.39 is 43.0 Å². The zero-order chi connectivity index (χ0) is 22.3. The molecule has 2 unspecified atom stereocenters. The van der Waals surface area contributed by atoms with E-state index in [4.69, 9.17) is 0 Å². The lowest BCUT2D eigenvalue weighted by molar-refractivity contribution is -0.547. The third-order valence-electron chi connectivity index (χ3n) is 5.28. The van der Waals surface area contributed by atoms with E-state index in [1.165, 1.54) is 26.0 Å². The second kappa shape index (κ2) is 7.26. The number of phenols is 1. The van der Waals surface area contributed by atoms with E-state index in [1.54, 1.807) is 32.9 Å². The van der Waals surface area contributed by atoms with Gasteiger partial charge in [-0.2, -0.15) is 0 Å². The summed E-state index contributed by atoms with van der Waals surface area (Å²) in [4.78, 5) is 33.7. The summed E-state index contributed by atoms with van der Waals surface area (Å²) < 4.78 is 0. The van der Waals surface area contributed by atoms with Crippen molar-refractivity contribution in [1.29, 1.82) is 0 Å². The normalized spacial score (nSPS) is 22.6. The van der Waals surface area contributed by atoms with Crippen molar-refractivity contribution in [2.75, 3.05) is 0 Å². The molecule has 0 saturated heterocycles. The van der Waals surface area contributed by atoms with Gasteiger partial charge >= 0.3 is 0 Å². The van der Waals surface area contributed by atoms with E-state index in [1.807, 2.05) is 0 Å². The molecule has 156 valence electrons. The van der Waals surface area contributed by atoms with Gasteiger partial charge in [-0.1, -0.05) is 39.0 Å². The number of nitro groups is 3. The molecule has 0 aromatic heterocycles. The molecule has 0 amide bonds. The minimum absolute atomic E-state index is 0.138. The number of hydrogen-bond acceptors (Lipinski definition) is 7. The molecule has 0 spiro atoms. The molecule has 0 radical (unpaired) electrons. The number of rotatable bonds is 5. The highest BCUT2D eigenvalue weighted by Gasteiger charge is 2.62. The minimum Gasteiger partial charge on any atom is -0.508 e. The molecule has 0 fully saturated rings. The maximum atomic E-state index is 12.2. The van der Waals surface area contributed by atoms with Crippen LogP contribution in [-0.4, -0.2) is 25.9 Å². The summed E-state index contributed by atoms with van der Waals surface area (Å²) in [5, 5.41) is 46.1. The summed E-state index contributed by atoms with van der Waals surface area (Å²) in [7, 11) is 0. The smallest absolute Gasteiger partial charge is 0.285 e. The second-order valence-electron chi connectivity index (χ2n) is 8.43. The average Bonchev–Trinajstić information content (AvgIpc) is 2.54. The fourth-order valence-electron chi connectivity index (χ4n) is 4.20. The monoisotopic (exact) mass is 405 g/mol. The average molecular weight is 405 g/mol. The Labute approximate surface area is 167 Å². The van der Waals surface area contributed by atoms with Gasteiger partial charge in [-0.25, -0.2) is 0 Å². The largest absolute Gasteiger partial charge is 0.508 e. The predicted molar refractivity (Wildman–Crippen MR) is 104 cm³/mol. The van der Waals surface area contributed by atoms with E-state index in [2.05, 4.69) is 0 Å². The highest BCUT2D eigenvalue weighted by Crippen LogP contribution is 2.52. The Kier molecular flexibility index (Phi) is 5.51. The van der Waals surface area contributed by atoms with Gasteiger partial charge in [-0.05, 0) is 31.9 Å².